The Balaban J connectivity index is 4.29. The lowest BCUT2D eigenvalue weighted by molar-refractivity contribution is -0.120. The summed E-state index contributed by atoms with van der Waals surface area (Å²) in [5.41, 5.74) is -0.699. The highest BCUT2D eigenvalue weighted by atomic mass is 35.5. The van der Waals surface area contributed by atoms with E-state index in [0.717, 1.165) is 6.42 Å². The normalized spacial score (nSPS) is 16.3. The van der Waals surface area contributed by atoms with E-state index in [4.69, 9.17) is 11.6 Å². The maximum atomic E-state index is 11.3. The molecule has 1 amide bonds. The average Bonchev–Trinajstić information content (AvgIpc) is 2.11. The van der Waals surface area contributed by atoms with E-state index in [1.54, 1.807) is 0 Å². The van der Waals surface area contributed by atoms with E-state index in [1.165, 1.54) is 13.8 Å². The molecule has 0 saturated carbocycles. The first kappa shape index (κ1) is 14.2. The second-order valence-corrected chi connectivity index (χ2v) is 4.18. The molecule has 88 valence electrons. The molecule has 0 rings (SSSR count). The second-order valence-electron chi connectivity index (χ2n) is 3.57. The third-order valence-electron chi connectivity index (χ3n) is 2.19. The first-order valence-corrected chi connectivity index (χ1v) is 5.43. The van der Waals surface area contributed by atoms with Gasteiger partial charge in [-0.05, 0) is 19.8 Å². The van der Waals surface area contributed by atoms with Crippen LogP contribution in [0.2, 0.25) is 0 Å². The van der Waals surface area contributed by atoms with Crippen LogP contribution in [0.25, 0.3) is 0 Å². The van der Waals surface area contributed by atoms with Crippen molar-refractivity contribution >= 4 is 23.5 Å². The van der Waals surface area contributed by atoms with Crippen molar-refractivity contribution in [1.82, 2.24) is 5.32 Å². The van der Waals surface area contributed by atoms with Crippen LogP contribution in [-0.2, 0) is 9.53 Å². The van der Waals surface area contributed by atoms with Gasteiger partial charge >= 0.3 is 6.09 Å². The van der Waals surface area contributed by atoms with Crippen LogP contribution in [0, 0.1) is 5.92 Å². The zero-order valence-electron chi connectivity index (χ0n) is 9.54. The number of halogens is 1. The van der Waals surface area contributed by atoms with Crippen LogP contribution in [-0.4, -0.2) is 23.5 Å². The van der Waals surface area contributed by atoms with E-state index in [2.05, 4.69) is 10.1 Å². The Kier molecular flexibility index (Phi) is 6.32. The smallest absolute Gasteiger partial charge is 0.409 e. The SMILES string of the molecule is CC[C@H](C)[C@H](NC(=O)OC(C)Cl)C(C)=O. The summed E-state index contributed by atoms with van der Waals surface area (Å²) in [6, 6.07) is -0.502. The molecule has 0 aromatic heterocycles. The summed E-state index contributed by atoms with van der Waals surface area (Å²) in [5.74, 6) is 0.00390. The molecule has 0 heterocycles. The first-order chi connectivity index (χ1) is 6.88. The van der Waals surface area contributed by atoms with Gasteiger partial charge in [-0.25, -0.2) is 4.79 Å². The fourth-order valence-electron chi connectivity index (χ4n) is 1.19. The predicted octanol–water partition coefficient (Wildman–Crippen LogP) is 2.30. The highest BCUT2D eigenvalue weighted by molar-refractivity contribution is 6.19. The Morgan fingerprint density at radius 2 is 1.93 bits per heavy atom. The summed E-state index contributed by atoms with van der Waals surface area (Å²) < 4.78 is 4.69. The van der Waals surface area contributed by atoms with Crippen molar-refractivity contribution in [3.05, 3.63) is 0 Å². The highest BCUT2D eigenvalue weighted by Crippen LogP contribution is 2.09. The van der Waals surface area contributed by atoms with Gasteiger partial charge in [-0.15, -0.1) is 0 Å². The lowest BCUT2D eigenvalue weighted by Gasteiger charge is -2.21. The minimum absolute atomic E-state index is 0.0801. The van der Waals surface area contributed by atoms with Crippen molar-refractivity contribution in [3.63, 3.8) is 0 Å². The van der Waals surface area contributed by atoms with Gasteiger partial charge in [0.05, 0.1) is 6.04 Å². The zero-order valence-corrected chi connectivity index (χ0v) is 10.3. The number of carbonyl (C=O) groups excluding carboxylic acids is 2. The summed E-state index contributed by atoms with van der Waals surface area (Å²) in [7, 11) is 0. The Labute approximate surface area is 95.3 Å². The number of nitrogens with one attached hydrogen (secondary N) is 1. The van der Waals surface area contributed by atoms with E-state index < -0.39 is 17.7 Å². The number of alkyl carbamates (subject to hydrolysis) is 1. The predicted molar refractivity (Wildman–Crippen MR) is 58.9 cm³/mol. The van der Waals surface area contributed by atoms with Crippen LogP contribution in [0.3, 0.4) is 0 Å². The van der Waals surface area contributed by atoms with Gasteiger partial charge in [0.25, 0.3) is 0 Å². The number of alkyl halides is 1. The lowest BCUT2D eigenvalue weighted by Crippen LogP contribution is -2.44. The summed E-state index contributed by atoms with van der Waals surface area (Å²) in [6.07, 6.45) is 0.152. The number of ether oxygens (including phenoxy) is 1. The number of hydrogen-bond donors (Lipinski definition) is 1. The third kappa shape index (κ3) is 5.62. The third-order valence-corrected chi connectivity index (χ3v) is 2.28. The van der Waals surface area contributed by atoms with E-state index in [0.29, 0.717) is 0 Å². The summed E-state index contributed by atoms with van der Waals surface area (Å²) in [6.45, 7) is 6.84. The zero-order chi connectivity index (χ0) is 12.0. The molecule has 0 aliphatic heterocycles. The van der Waals surface area contributed by atoms with Crippen LogP contribution in [0.15, 0.2) is 0 Å². The standard InChI is InChI=1S/C10H18ClNO3/c1-5-6(2)9(7(3)13)12-10(14)15-8(4)11/h6,8-9H,5H2,1-4H3,(H,12,14)/t6-,8?,9-/m0/s1. The molecule has 0 fully saturated rings. The van der Waals surface area contributed by atoms with Crippen LogP contribution in [0.5, 0.6) is 0 Å². The molecule has 15 heavy (non-hydrogen) atoms. The Hall–Kier alpha value is -0.770. The van der Waals surface area contributed by atoms with Gasteiger partial charge in [-0.3, -0.25) is 4.79 Å². The van der Waals surface area contributed by atoms with Gasteiger partial charge in [-0.1, -0.05) is 31.9 Å². The topological polar surface area (TPSA) is 55.4 Å². The Morgan fingerprint density at radius 1 is 1.40 bits per heavy atom. The Bertz CT molecular complexity index is 231. The molecule has 0 spiro atoms. The maximum Gasteiger partial charge on any atom is 0.409 e. The van der Waals surface area contributed by atoms with E-state index in [-0.39, 0.29) is 11.7 Å². The fourth-order valence-corrected chi connectivity index (χ4v) is 1.27. The van der Waals surface area contributed by atoms with Gasteiger partial charge in [0.1, 0.15) is 0 Å². The largest absolute Gasteiger partial charge is 0.430 e. The van der Waals surface area contributed by atoms with Crippen molar-refractivity contribution < 1.29 is 14.3 Å². The highest BCUT2D eigenvalue weighted by Gasteiger charge is 2.23. The monoisotopic (exact) mass is 235 g/mol. The lowest BCUT2D eigenvalue weighted by atomic mass is 9.96. The molecule has 1 N–H and O–H groups in total. The molecule has 3 atom stereocenters. The minimum Gasteiger partial charge on any atom is -0.430 e. The van der Waals surface area contributed by atoms with E-state index >= 15 is 0 Å². The van der Waals surface area contributed by atoms with Crippen molar-refractivity contribution in [2.45, 2.75) is 45.7 Å². The first-order valence-electron chi connectivity index (χ1n) is 5.00. The molecule has 0 aromatic carbocycles. The molecule has 4 nitrogen and oxygen atoms in total. The molecule has 0 radical (unpaired) electrons. The summed E-state index contributed by atoms with van der Waals surface area (Å²) >= 11 is 5.48. The molecule has 0 bridgehead atoms. The van der Waals surface area contributed by atoms with E-state index in [9.17, 15) is 9.59 Å². The van der Waals surface area contributed by atoms with Crippen LogP contribution >= 0.6 is 11.6 Å². The minimum atomic E-state index is -0.699. The van der Waals surface area contributed by atoms with Gasteiger partial charge in [0.2, 0.25) is 0 Å². The molecule has 0 saturated heterocycles. The number of amides is 1. The van der Waals surface area contributed by atoms with Gasteiger partial charge in [0, 0.05) is 0 Å². The summed E-state index contributed by atoms with van der Waals surface area (Å²) in [5, 5.41) is 2.50. The number of Topliss-reactive ketones (excluding diaryl/α,β-unsaturated/α-hetero) is 1. The number of rotatable bonds is 5. The van der Waals surface area contributed by atoms with Crippen LogP contribution < -0.4 is 5.32 Å². The number of ketones is 1. The quantitative estimate of drug-likeness (QED) is 0.744. The molecule has 0 aliphatic carbocycles. The molecule has 0 aromatic rings. The fraction of sp³-hybridized carbons (Fsp3) is 0.800. The van der Waals surface area contributed by atoms with Crippen LogP contribution in [0.1, 0.15) is 34.1 Å². The second kappa shape index (κ2) is 6.67. The van der Waals surface area contributed by atoms with Gasteiger partial charge < -0.3 is 10.1 Å². The molecule has 0 aliphatic rings. The van der Waals surface area contributed by atoms with E-state index in [1.807, 2.05) is 13.8 Å². The average molecular weight is 236 g/mol. The molecule has 5 heteroatoms. The maximum absolute atomic E-state index is 11.3. The van der Waals surface area contributed by atoms with Gasteiger partial charge in [-0.2, -0.15) is 0 Å². The molecular weight excluding hydrogens is 218 g/mol. The molecule has 1 unspecified atom stereocenters. The van der Waals surface area contributed by atoms with Crippen LogP contribution in [0.4, 0.5) is 4.79 Å². The van der Waals surface area contributed by atoms with Crippen molar-refractivity contribution in [1.29, 1.82) is 0 Å². The molecular formula is C10H18ClNO3. The Morgan fingerprint density at radius 3 is 2.27 bits per heavy atom. The van der Waals surface area contributed by atoms with Gasteiger partial charge in [0.15, 0.2) is 11.3 Å². The number of carbonyl (C=O) groups is 2. The van der Waals surface area contributed by atoms with Crippen molar-refractivity contribution in [2.24, 2.45) is 5.92 Å². The summed E-state index contributed by atoms with van der Waals surface area (Å²) in [4.78, 5) is 22.5. The van der Waals surface area contributed by atoms with Crippen molar-refractivity contribution in [3.8, 4) is 0 Å². The van der Waals surface area contributed by atoms with Crippen molar-refractivity contribution in [2.75, 3.05) is 0 Å². The number of hydrogen-bond acceptors (Lipinski definition) is 3.